The second-order valence-corrected chi connectivity index (χ2v) is 3.73. The highest BCUT2D eigenvalue weighted by molar-refractivity contribution is 6.31. The summed E-state index contributed by atoms with van der Waals surface area (Å²) >= 11 is 5.94. The Kier molecular flexibility index (Phi) is 2.55. The summed E-state index contributed by atoms with van der Waals surface area (Å²) in [6, 6.07) is 6.07. The summed E-state index contributed by atoms with van der Waals surface area (Å²) in [6.45, 7) is 2.86. The Hall–Kier alpha value is -1.28. The third-order valence-electron chi connectivity index (χ3n) is 2.15. The van der Waals surface area contributed by atoms with Crippen molar-refractivity contribution in [1.82, 2.24) is 9.55 Å². The van der Waals surface area contributed by atoms with Crippen molar-refractivity contribution in [2.45, 2.75) is 13.5 Å². The fourth-order valence-corrected chi connectivity index (χ4v) is 1.51. The van der Waals surface area contributed by atoms with E-state index in [9.17, 15) is 0 Å². The molecule has 0 bridgehead atoms. The van der Waals surface area contributed by atoms with Gasteiger partial charge in [-0.2, -0.15) is 0 Å². The zero-order valence-corrected chi connectivity index (χ0v) is 8.70. The molecule has 0 aliphatic carbocycles. The fraction of sp³-hybridized carbons (Fsp3) is 0.182. The number of halogens is 1. The summed E-state index contributed by atoms with van der Waals surface area (Å²) in [7, 11) is 0. The molecule has 1 aromatic carbocycles. The van der Waals surface area contributed by atoms with Gasteiger partial charge in [0.15, 0.2) is 0 Å². The molecule has 1 aromatic heterocycles. The van der Waals surface area contributed by atoms with Gasteiger partial charge in [0.25, 0.3) is 0 Å². The maximum Gasteiger partial charge on any atom is 0.0949 e. The average Bonchev–Trinajstić information content (AvgIpc) is 2.64. The van der Waals surface area contributed by atoms with Crippen molar-refractivity contribution in [2.75, 3.05) is 0 Å². The molecule has 0 spiro atoms. The van der Waals surface area contributed by atoms with Crippen molar-refractivity contribution < 1.29 is 0 Å². The molecule has 2 rings (SSSR count). The second kappa shape index (κ2) is 3.84. The molecular formula is C11H11ClN2. The summed E-state index contributed by atoms with van der Waals surface area (Å²) in [5.41, 5.74) is 2.36. The van der Waals surface area contributed by atoms with Crippen LogP contribution in [0.1, 0.15) is 11.1 Å². The molecule has 72 valence electrons. The summed E-state index contributed by atoms with van der Waals surface area (Å²) in [4.78, 5) is 4.00. The van der Waals surface area contributed by atoms with Gasteiger partial charge in [-0.3, -0.25) is 0 Å². The van der Waals surface area contributed by atoms with Crippen LogP contribution >= 0.6 is 11.6 Å². The minimum absolute atomic E-state index is 0.819. The first-order valence-corrected chi connectivity index (χ1v) is 4.84. The van der Waals surface area contributed by atoms with Crippen LogP contribution in [-0.2, 0) is 6.54 Å². The van der Waals surface area contributed by atoms with Crippen LogP contribution in [0, 0.1) is 6.92 Å². The lowest BCUT2D eigenvalue weighted by molar-refractivity contribution is 0.796. The number of aromatic nitrogens is 2. The van der Waals surface area contributed by atoms with E-state index in [1.54, 1.807) is 6.20 Å². The molecule has 0 unspecified atom stereocenters. The molecule has 0 aliphatic rings. The summed E-state index contributed by atoms with van der Waals surface area (Å²) in [5.74, 6) is 0. The van der Waals surface area contributed by atoms with Crippen LogP contribution in [0.3, 0.4) is 0 Å². The standard InChI is InChI=1S/C11H11ClN2/c1-9-6-10(2-3-11(9)12)7-14-5-4-13-8-14/h2-6,8H,7H2,1H3. The van der Waals surface area contributed by atoms with Gasteiger partial charge in [0.05, 0.1) is 6.33 Å². The van der Waals surface area contributed by atoms with E-state index in [-0.39, 0.29) is 0 Å². The van der Waals surface area contributed by atoms with E-state index < -0.39 is 0 Å². The Bertz CT molecular complexity index is 421. The van der Waals surface area contributed by atoms with Crippen molar-refractivity contribution in [1.29, 1.82) is 0 Å². The van der Waals surface area contributed by atoms with E-state index >= 15 is 0 Å². The number of nitrogens with zero attached hydrogens (tertiary/aromatic N) is 2. The van der Waals surface area contributed by atoms with Gasteiger partial charge in [0, 0.05) is 24.0 Å². The summed E-state index contributed by atoms with van der Waals surface area (Å²) < 4.78 is 2.03. The van der Waals surface area contributed by atoms with E-state index in [4.69, 9.17) is 11.6 Å². The monoisotopic (exact) mass is 206 g/mol. The van der Waals surface area contributed by atoms with Crippen molar-refractivity contribution >= 4 is 11.6 Å². The average molecular weight is 207 g/mol. The lowest BCUT2D eigenvalue weighted by Crippen LogP contribution is -1.96. The largest absolute Gasteiger partial charge is 0.333 e. The summed E-state index contributed by atoms with van der Waals surface area (Å²) in [5, 5.41) is 0.819. The fourth-order valence-electron chi connectivity index (χ4n) is 1.40. The first-order valence-electron chi connectivity index (χ1n) is 4.46. The van der Waals surface area contributed by atoms with Crippen LogP contribution in [-0.4, -0.2) is 9.55 Å². The topological polar surface area (TPSA) is 17.8 Å². The first-order chi connectivity index (χ1) is 6.75. The molecule has 0 N–H and O–H groups in total. The minimum Gasteiger partial charge on any atom is -0.333 e. The molecule has 0 aliphatic heterocycles. The van der Waals surface area contributed by atoms with Crippen LogP contribution < -0.4 is 0 Å². The van der Waals surface area contributed by atoms with Crippen molar-refractivity contribution in [2.24, 2.45) is 0 Å². The Labute approximate surface area is 88.2 Å². The van der Waals surface area contributed by atoms with Gasteiger partial charge < -0.3 is 4.57 Å². The molecular weight excluding hydrogens is 196 g/mol. The third-order valence-corrected chi connectivity index (χ3v) is 2.57. The number of imidazole rings is 1. The highest BCUT2D eigenvalue weighted by Crippen LogP contribution is 2.16. The number of benzene rings is 1. The first kappa shape index (κ1) is 9.28. The molecule has 0 saturated carbocycles. The van der Waals surface area contributed by atoms with E-state index in [0.717, 1.165) is 17.1 Å². The van der Waals surface area contributed by atoms with Gasteiger partial charge in [-0.25, -0.2) is 4.98 Å². The minimum atomic E-state index is 0.819. The van der Waals surface area contributed by atoms with Gasteiger partial charge in [-0.1, -0.05) is 23.7 Å². The van der Waals surface area contributed by atoms with Crippen LogP contribution in [0.2, 0.25) is 5.02 Å². The van der Waals surface area contributed by atoms with Crippen molar-refractivity contribution in [3.63, 3.8) is 0 Å². The Balaban J connectivity index is 2.22. The van der Waals surface area contributed by atoms with Crippen molar-refractivity contribution in [3.8, 4) is 0 Å². The zero-order chi connectivity index (χ0) is 9.97. The molecule has 0 amide bonds. The zero-order valence-electron chi connectivity index (χ0n) is 7.94. The van der Waals surface area contributed by atoms with Crippen LogP contribution in [0.15, 0.2) is 36.9 Å². The molecule has 0 saturated heterocycles. The number of aryl methyl sites for hydroxylation is 1. The molecule has 3 heteroatoms. The normalized spacial score (nSPS) is 10.4. The maximum atomic E-state index is 5.94. The van der Waals surface area contributed by atoms with Crippen LogP contribution in [0.5, 0.6) is 0 Å². The van der Waals surface area contributed by atoms with Gasteiger partial charge in [-0.05, 0) is 24.1 Å². The lowest BCUT2D eigenvalue weighted by atomic mass is 10.1. The predicted molar refractivity (Wildman–Crippen MR) is 57.5 cm³/mol. The molecule has 2 nitrogen and oxygen atoms in total. The number of hydrogen-bond donors (Lipinski definition) is 0. The highest BCUT2D eigenvalue weighted by Gasteiger charge is 1.98. The van der Waals surface area contributed by atoms with E-state index in [2.05, 4.69) is 11.1 Å². The van der Waals surface area contributed by atoms with Crippen LogP contribution in [0.25, 0.3) is 0 Å². The van der Waals surface area contributed by atoms with Gasteiger partial charge in [-0.15, -0.1) is 0 Å². The molecule has 2 aromatic rings. The molecule has 0 radical (unpaired) electrons. The van der Waals surface area contributed by atoms with Crippen molar-refractivity contribution in [3.05, 3.63) is 53.1 Å². The number of rotatable bonds is 2. The van der Waals surface area contributed by atoms with Gasteiger partial charge >= 0.3 is 0 Å². The lowest BCUT2D eigenvalue weighted by Gasteiger charge is -2.04. The molecule has 0 atom stereocenters. The Morgan fingerprint density at radius 1 is 1.43 bits per heavy atom. The van der Waals surface area contributed by atoms with E-state index in [0.29, 0.717) is 0 Å². The Morgan fingerprint density at radius 2 is 2.29 bits per heavy atom. The Morgan fingerprint density at radius 3 is 2.93 bits per heavy atom. The maximum absolute atomic E-state index is 5.94. The van der Waals surface area contributed by atoms with Crippen LogP contribution in [0.4, 0.5) is 0 Å². The van der Waals surface area contributed by atoms with Gasteiger partial charge in [0.2, 0.25) is 0 Å². The predicted octanol–water partition coefficient (Wildman–Crippen LogP) is 2.89. The van der Waals surface area contributed by atoms with E-state index in [1.807, 2.05) is 36.1 Å². The quantitative estimate of drug-likeness (QED) is 0.739. The summed E-state index contributed by atoms with van der Waals surface area (Å²) in [6.07, 6.45) is 5.54. The third kappa shape index (κ3) is 1.96. The second-order valence-electron chi connectivity index (χ2n) is 3.32. The highest BCUT2D eigenvalue weighted by atomic mass is 35.5. The van der Waals surface area contributed by atoms with Gasteiger partial charge in [0.1, 0.15) is 0 Å². The SMILES string of the molecule is Cc1cc(Cn2ccnc2)ccc1Cl. The van der Waals surface area contributed by atoms with E-state index in [1.165, 1.54) is 5.56 Å². The molecule has 14 heavy (non-hydrogen) atoms. The molecule has 1 heterocycles. The number of hydrogen-bond acceptors (Lipinski definition) is 1. The molecule has 0 fully saturated rings. The smallest absolute Gasteiger partial charge is 0.0949 e.